The van der Waals surface area contributed by atoms with Crippen LogP contribution in [0.2, 0.25) is 0 Å². The molecule has 1 aliphatic heterocycles. The number of hydrogen-bond acceptors (Lipinski definition) is 1. The first-order chi connectivity index (χ1) is 9.74. The molecule has 1 saturated heterocycles. The first-order valence-corrected chi connectivity index (χ1v) is 7.90. The smallest absolute Gasteiger partial charge is 0.231 e. The summed E-state index contributed by atoms with van der Waals surface area (Å²) in [6.45, 7) is 9.03. The second-order valence-corrected chi connectivity index (χ2v) is 5.72. The third-order valence-electron chi connectivity index (χ3n) is 4.34. The minimum absolute atomic E-state index is 0.224. The Morgan fingerprint density at radius 2 is 1.95 bits per heavy atom. The van der Waals surface area contributed by atoms with Crippen molar-refractivity contribution in [2.75, 3.05) is 26.2 Å². The maximum absolute atomic E-state index is 12.5. The van der Waals surface area contributed by atoms with Gasteiger partial charge in [-0.1, -0.05) is 30.3 Å². The number of quaternary nitrogens is 1. The highest BCUT2D eigenvalue weighted by Crippen LogP contribution is 2.12. The Morgan fingerprint density at radius 3 is 2.60 bits per heavy atom. The molecule has 1 aromatic rings. The Hall–Kier alpha value is -1.35. The van der Waals surface area contributed by atoms with Crippen molar-refractivity contribution in [3.8, 4) is 0 Å². The molecule has 1 aromatic carbocycles. The van der Waals surface area contributed by atoms with E-state index in [2.05, 4.69) is 44.2 Å². The van der Waals surface area contributed by atoms with Gasteiger partial charge in [-0.2, -0.15) is 0 Å². The second kappa shape index (κ2) is 7.44. The molecule has 0 bridgehead atoms. The number of nitrogens with one attached hydrogen (secondary N) is 1. The van der Waals surface area contributed by atoms with Crippen LogP contribution >= 0.6 is 0 Å². The van der Waals surface area contributed by atoms with Crippen LogP contribution in [0, 0.1) is 5.92 Å². The molecule has 3 nitrogen and oxygen atoms in total. The van der Waals surface area contributed by atoms with Crippen LogP contribution in [-0.2, 0) is 11.3 Å². The number of hydrogen-bond donors (Lipinski definition) is 1. The van der Waals surface area contributed by atoms with Gasteiger partial charge in [-0.3, -0.25) is 4.79 Å². The Bertz CT molecular complexity index is 414. The fraction of sp³-hybridized carbons (Fsp3) is 0.588. The van der Waals surface area contributed by atoms with Gasteiger partial charge in [0.25, 0.3) is 0 Å². The van der Waals surface area contributed by atoms with E-state index in [1.54, 1.807) is 4.90 Å². The van der Waals surface area contributed by atoms with Crippen molar-refractivity contribution in [3.05, 3.63) is 35.9 Å². The van der Waals surface area contributed by atoms with Crippen LogP contribution in [0.4, 0.5) is 0 Å². The van der Waals surface area contributed by atoms with Crippen LogP contribution in [-0.4, -0.2) is 37.0 Å². The Kier molecular flexibility index (Phi) is 5.60. The molecule has 0 radical (unpaired) electrons. The molecule has 1 fully saturated rings. The highest BCUT2D eigenvalue weighted by Gasteiger charge is 2.30. The topological polar surface area (TPSA) is 24.8 Å². The highest BCUT2D eigenvalue weighted by atomic mass is 16.2. The first kappa shape index (κ1) is 15.0. The molecule has 1 unspecified atom stereocenters. The van der Waals surface area contributed by atoms with E-state index in [1.165, 1.54) is 18.5 Å². The van der Waals surface area contributed by atoms with Gasteiger partial charge >= 0.3 is 0 Å². The van der Waals surface area contributed by atoms with E-state index < -0.39 is 0 Å². The molecule has 0 spiro atoms. The Labute approximate surface area is 122 Å². The van der Waals surface area contributed by atoms with Crippen LogP contribution < -0.4 is 4.90 Å². The minimum atomic E-state index is 0.224. The number of benzene rings is 1. The van der Waals surface area contributed by atoms with E-state index in [9.17, 15) is 4.79 Å². The van der Waals surface area contributed by atoms with Crippen LogP contribution in [0.5, 0.6) is 0 Å². The molecule has 110 valence electrons. The van der Waals surface area contributed by atoms with Crippen molar-refractivity contribution in [2.45, 2.75) is 33.2 Å². The lowest BCUT2D eigenvalue weighted by molar-refractivity contribution is -0.921. The van der Waals surface area contributed by atoms with Crippen molar-refractivity contribution in [1.29, 1.82) is 0 Å². The molecule has 0 aliphatic carbocycles. The number of carbonyl (C=O) groups is 1. The lowest BCUT2D eigenvalue weighted by atomic mass is 9.96. The minimum Gasteiger partial charge on any atom is -0.343 e. The van der Waals surface area contributed by atoms with E-state index in [4.69, 9.17) is 0 Å². The van der Waals surface area contributed by atoms with Crippen molar-refractivity contribution in [1.82, 2.24) is 4.90 Å². The van der Waals surface area contributed by atoms with Crippen LogP contribution in [0.15, 0.2) is 30.3 Å². The number of nitrogens with zero attached hydrogens (tertiary/aromatic N) is 1. The van der Waals surface area contributed by atoms with Gasteiger partial charge in [0.1, 0.15) is 6.54 Å². The zero-order valence-corrected chi connectivity index (χ0v) is 12.8. The molecular weight excluding hydrogens is 248 g/mol. The third-order valence-corrected chi connectivity index (χ3v) is 4.34. The lowest BCUT2D eigenvalue weighted by Crippen LogP contribution is -3.12. The summed E-state index contributed by atoms with van der Waals surface area (Å²) in [7, 11) is 0. The summed E-state index contributed by atoms with van der Waals surface area (Å²) >= 11 is 0. The van der Waals surface area contributed by atoms with Gasteiger partial charge in [-0.15, -0.1) is 0 Å². The van der Waals surface area contributed by atoms with E-state index in [0.717, 1.165) is 32.6 Å². The first-order valence-electron chi connectivity index (χ1n) is 7.90. The number of amides is 1. The Morgan fingerprint density at radius 1 is 1.25 bits per heavy atom. The average Bonchev–Trinajstić information content (AvgIpc) is 2.49. The average molecular weight is 275 g/mol. The number of rotatable bonds is 5. The van der Waals surface area contributed by atoms with Crippen LogP contribution in [0.3, 0.4) is 0 Å². The van der Waals surface area contributed by atoms with Gasteiger partial charge in [0.15, 0.2) is 0 Å². The second-order valence-electron chi connectivity index (χ2n) is 5.72. The van der Waals surface area contributed by atoms with Crippen LogP contribution in [0.1, 0.15) is 32.3 Å². The van der Waals surface area contributed by atoms with E-state index in [1.807, 2.05) is 4.90 Å². The standard InChI is InChI=1S/C17H26N2O/c1-3-19(4-2)17(20)16-11-8-12-18(14-16)13-15-9-6-5-7-10-15/h5-7,9-10,16H,3-4,8,11-14H2,1-2H3/p+1/t16-/m0/s1. The van der Waals surface area contributed by atoms with Crippen molar-refractivity contribution in [2.24, 2.45) is 5.92 Å². The predicted octanol–water partition coefficient (Wildman–Crippen LogP) is 1.35. The summed E-state index contributed by atoms with van der Waals surface area (Å²) in [5, 5.41) is 0. The van der Waals surface area contributed by atoms with Gasteiger partial charge in [0.2, 0.25) is 5.91 Å². The summed E-state index contributed by atoms with van der Waals surface area (Å²) in [5.41, 5.74) is 1.37. The van der Waals surface area contributed by atoms with E-state index in [-0.39, 0.29) is 5.92 Å². The summed E-state index contributed by atoms with van der Waals surface area (Å²) in [6.07, 6.45) is 2.23. The molecular formula is C17H27N2O+. The molecule has 0 aromatic heterocycles. The van der Waals surface area contributed by atoms with Crippen molar-refractivity contribution < 1.29 is 9.69 Å². The van der Waals surface area contributed by atoms with Gasteiger partial charge in [-0.05, 0) is 26.7 Å². The molecule has 1 aliphatic rings. The fourth-order valence-corrected chi connectivity index (χ4v) is 3.20. The maximum Gasteiger partial charge on any atom is 0.231 e. The highest BCUT2D eigenvalue weighted by molar-refractivity contribution is 5.78. The normalized spacial score (nSPS) is 22.5. The van der Waals surface area contributed by atoms with E-state index >= 15 is 0 Å². The third kappa shape index (κ3) is 3.83. The monoisotopic (exact) mass is 275 g/mol. The quantitative estimate of drug-likeness (QED) is 0.862. The summed E-state index contributed by atoms with van der Waals surface area (Å²) in [4.78, 5) is 16.0. The van der Waals surface area contributed by atoms with E-state index in [0.29, 0.717) is 5.91 Å². The largest absolute Gasteiger partial charge is 0.343 e. The summed E-state index contributed by atoms with van der Waals surface area (Å²) in [6, 6.07) is 10.6. The number of likely N-dealkylation sites (tertiary alicyclic amines) is 1. The molecule has 1 heterocycles. The van der Waals surface area contributed by atoms with Crippen LogP contribution in [0.25, 0.3) is 0 Å². The Balaban J connectivity index is 1.93. The molecule has 3 heteroatoms. The van der Waals surface area contributed by atoms with Gasteiger partial charge in [-0.25, -0.2) is 0 Å². The molecule has 1 amide bonds. The summed E-state index contributed by atoms with van der Waals surface area (Å²) < 4.78 is 0. The number of piperidine rings is 1. The fourth-order valence-electron chi connectivity index (χ4n) is 3.20. The summed E-state index contributed by atoms with van der Waals surface area (Å²) in [5.74, 6) is 0.586. The van der Waals surface area contributed by atoms with Crippen molar-refractivity contribution >= 4 is 5.91 Å². The zero-order valence-electron chi connectivity index (χ0n) is 12.8. The lowest BCUT2D eigenvalue weighted by Gasteiger charge is -2.32. The molecule has 2 rings (SSSR count). The van der Waals surface area contributed by atoms with Crippen molar-refractivity contribution in [3.63, 3.8) is 0 Å². The maximum atomic E-state index is 12.5. The SMILES string of the molecule is CCN(CC)C(=O)[C@H]1CCC[NH+](Cc2ccccc2)C1. The van der Waals surface area contributed by atoms with Gasteiger partial charge in [0.05, 0.1) is 19.0 Å². The molecule has 0 saturated carbocycles. The predicted molar refractivity (Wildman–Crippen MR) is 81.5 cm³/mol. The number of carbonyl (C=O) groups excluding carboxylic acids is 1. The zero-order chi connectivity index (χ0) is 14.4. The molecule has 20 heavy (non-hydrogen) atoms. The van der Waals surface area contributed by atoms with Gasteiger partial charge < -0.3 is 9.80 Å². The molecule has 2 atom stereocenters. The molecule has 1 N–H and O–H groups in total. The van der Waals surface area contributed by atoms with Gasteiger partial charge in [0, 0.05) is 18.7 Å².